The fourth-order valence-electron chi connectivity index (χ4n) is 0.924. The number of nitrogens with two attached hydrogens (primary N) is 2. The summed E-state index contributed by atoms with van der Waals surface area (Å²) in [5, 5.41) is 8.58. The van der Waals surface area contributed by atoms with E-state index in [1.54, 1.807) is 0 Å². The SMILES string of the molecule is CC[C@@H](C[C@H](N)CO)C(N)=O.O.[HH].[HH]. The molecular weight excluding hydrogens is 160 g/mol. The van der Waals surface area contributed by atoms with E-state index in [0.29, 0.717) is 12.8 Å². The van der Waals surface area contributed by atoms with Crippen LogP contribution in [0, 0.1) is 5.92 Å². The van der Waals surface area contributed by atoms with Crippen LogP contribution in [0.4, 0.5) is 0 Å². The summed E-state index contributed by atoms with van der Waals surface area (Å²) in [6, 6.07) is -0.326. The van der Waals surface area contributed by atoms with Gasteiger partial charge in [0.2, 0.25) is 5.91 Å². The summed E-state index contributed by atoms with van der Waals surface area (Å²) in [6.45, 7) is 1.78. The summed E-state index contributed by atoms with van der Waals surface area (Å²) in [6.07, 6.45) is 1.16. The number of rotatable bonds is 5. The van der Waals surface area contributed by atoms with Crippen LogP contribution in [-0.4, -0.2) is 29.1 Å². The molecule has 0 radical (unpaired) electrons. The average molecular weight is 182 g/mol. The number of amides is 1. The molecule has 0 heterocycles. The minimum absolute atomic E-state index is 0. The van der Waals surface area contributed by atoms with Gasteiger partial charge >= 0.3 is 0 Å². The molecule has 12 heavy (non-hydrogen) atoms. The Morgan fingerprint density at radius 3 is 2.42 bits per heavy atom. The molecule has 0 saturated heterocycles. The van der Waals surface area contributed by atoms with Gasteiger partial charge < -0.3 is 22.1 Å². The van der Waals surface area contributed by atoms with E-state index in [9.17, 15) is 4.79 Å². The molecule has 0 spiro atoms. The van der Waals surface area contributed by atoms with Crippen molar-refractivity contribution in [3.63, 3.8) is 0 Å². The highest BCUT2D eigenvalue weighted by atomic mass is 16.3. The van der Waals surface area contributed by atoms with Crippen molar-refractivity contribution in [3.05, 3.63) is 0 Å². The zero-order valence-electron chi connectivity index (χ0n) is 7.29. The summed E-state index contributed by atoms with van der Waals surface area (Å²) in [7, 11) is 0. The molecule has 0 unspecified atom stereocenters. The van der Waals surface area contributed by atoms with Crippen molar-refractivity contribution < 1.29 is 18.2 Å². The molecule has 2 atom stereocenters. The molecule has 0 aliphatic carbocycles. The lowest BCUT2D eigenvalue weighted by molar-refractivity contribution is -0.122. The van der Waals surface area contributed by atoms with E-state index in [1.165, 1.54) is 0 Å². The number of hydrogen-bond donors (Lipinski definition) is 3. The van der Waals surface area contributed by atoms with E-state index in [0.717, 1.165) is 0 Å². The van der Waals surface area contributed by atoms with Gasteiger partial charge in [-0.1, -0.05) is 6.92 Å². The Morgan fingerprint density at radius 1 is 1.67 bits per heavy atom. The summed E-state index contributed by atoms with van der Waals surface area (Å²) < 4.78 is 0. The fraction of sp³-hybridized carbons (Fsp3) is 0.857. The summed E-state index contributed by atoms with van der Waals surface area (Å²) >= 11 is 0. The molecule has 0 aromatic carbocycles. The van der Waals surface area contributed by atoms with Gasteiger partial charge in [-0.05, 0) is 12.8 Å². The zero-order valence-corrected chi connectivity index (χ0v) is 7.29. The van der Waals surface area contributed by atoms with Gasteiger partial charge in [-0.25, -0.2) is 0 Å². The summed E-state index contributed by atoms with van der Waals surface area (Å²) in [4.78, 5) is 10.7. The van der Waals surface area contributed by atoms with E-state index in [-0.39, 0.29) is 32.8 Å². The van der Waals surface area contributed by atoms with Gasteiger partial charge in [0.1, 0.15) is 0 Å². The lowest BCUT2D eigenvalue weighted by Crippen LogP contribution is -2.32. The minimum atomic E-state index is -0.337. The van der Waals surface area contributed by atoms with Crippen LogP contribution < -0.4 is 11.5 Å². The topological polar surface area (TPSA) is 121 Å². The largest absolute Gasteiger partial charge is 0.412 e. The monoisotopic (exact) mass is 182 g/mol. The molecule has 0 rings (SSSR count). The second kappa shape index (κ2) is 7.02. The van der Waals surface area contributed by atoms with Crippen LogP contribution in [0.15, 0.2) is 0 Å². The van der Waals surface area contributed by atoms with Crippen LogP contribution in [0.25, 0.3) is 0 Å². The standard InChI is InChI=1S/C7H16N2O2.H2O.2H2/c1-2-5(7(9)11)3-6(8)4-10;;;/h5-6,10H,2-4,8H2,1H3,(H2,9,11);1H2;2*1H/t5-,6-;;;/m0.../s1. The first-order valence-corrected chi connectivity index (χ1v) is 3.77. The number of carbonyl (C=O) groups excluding carboxylic acids is 1. The summed E-state index contributed by atoms with van der Waals surface area (Å²) in [5.74, 6) is -0.534. The second-order valence-electron chi connectivity index (χ2n) is 2.69. The predicted octanol–water partition coefficient (Wildman–Crippen LogP) is -1.13. The lowest BCUT2D eigenvalue weighted by Gasteiger charge is -2.14. The molecular formula is C7H22N2O3. The Balaban J connectivity index is -0.000000167. The molecule has 7 N–H and O–H groups in total. The molecule has 0 aromatic heterocycles. The number of hydrogen-bond acceptors (Lipinski definition) is 3. The third kappa shape index (κ3) is 5.06. The second-order valence-corrected chi connectivity index (χ2v) is 2.69. The molecule has 0 aliphatic heterocycles. The Hall–Kier alpha value is -0.650. The van der Waals surface area contributed by atoms with E-state index < -0.39 is 0 Å². The van der Waals surface area contributed by atoms with E-state index in [1.807, 2.05) is 6.92 Å². The van der Waals surface area contributed by atoms with Crippen molar-refractivity contribution >= 4 is 5.91 Å². The van der Waals surface area contributed by atoms with Crippen molar-refractivity contribution in [2.75, 3.05) is 6.61 Å². The first-order chi connectivity index (χ1) is 5.11. The fourth-order valence-corrected chi connectivity index (χ4v) is 0.924. The normalized spacial score (nSPS) is 14.6. The van der Waals surface area contributed by atoms with Crippen LogP contribution in [-0.2, 0) is 4.79 Å². The molecule has 0 bridgehead atoms. The number of aliphatic hydroxyl groups excluding tert-OH is 1. The Morgan fingerprint density at radius 2 is 2.17 bits per heavy atom. The number of carbonyl (C=O) groups is 1. The first kappa shape index (κ1) is 13.9. The van der Waals surface area contributed by atoms with Crippen LogP contribution in [0.1, 0.15) is 22.6 Å². The minimum Gasteiger partial charge on any atom is -0.412 e. The third-order valence-corrected chi connectivity index (χ3v) is 1.72. The summed E-state index contributed by atoms with van der Waals surface area (Å²) in [5.41, 5.74) is 10.5. The van der Waals surface area contributed by atoms with Crippen LogP contribution in [0.5, 0.6) is 0 Å². The van der Waals surface area contributed by atoms with Crippen molar-refractivity contribution in [2.24, 2.45) is 17.4 Å². The van der Waals surface area contributed by atoms with Crippen molar-refractivity contribution in [2.45, 2.75) is 25.8 Å². The molecule has 5 heteroatoms. The van der Waals surface area contributed by atoms with Gasteiger partial charge in [-0.2, -0.15) is 0 Å². The zero-order chi connectivity index (χ0) is 8.85. The van der Waals surface area contributed by atoms with Gasteiger partial charge in [0.15, 0.2) is 0 Å². The van der Waals surface area contributed by atoms with Gasteiger partial charge in [-0.15, -0.1) is 0 Å². The maximum Gasteiger partial charge on any atom is 0.220 e. The van der Waals surface area contributed by atoms with Crippen molar-refractivity contribution in [3.8, 4) is 0 Å². The quantitative estimate of drug-likeness (QED) is 0.499. The third-order valence-electron chi connectivity index (χ3n) is 1.72. The molecule has 0 aliphatic rings. The van der Waals surface area contributed by atoms with Gasteiger partial charge in [0.25, 0.3) is 0 Å². The number of aliphatic hydroxyl groups is 1. The number of primary amides is 1. The molecule has 0 saturated carbocycles. The molecule has 0 aromatic rings. The van der Waals surface area contributed by atoms with E-state index >= 15 is 0 Å². The van der Waals surface area contributed by atoms with Gasteiger partial charge in [0.05, 0.1) is 6.61 Å². The van der Waals surface area contributed by atoms with Crippen molar-refractivity contribution in [1.82, 2.24) is 0 Å². The smallest absolute Gasteiger partial charge is 0.220 e. The van der Waals surface area contributed by atoms with E-state index in [4.69, 9.17) is 16.6 Å². The van der Waals surface area contributed by atoms with Crippen LogP contribution in [0.3, 0.4) is 0 Å². The Labute approximate surface area is 75.0 Å². The van der Waals surface area contributed by atoms with Crippen LogP contribution >= 0.6 is 0 Å². The highest BCUT2D eigenvalue weighted by Crippen LogP contribution is 2.08. The van der Waals surface area contributed by atoms with Gasteiger partial charge in [-0.3, -0.25) is 4.79 Å². The Bertz CT molecular complexity index is 138. The highest BCUT2D eigenvalue weighted by molar-refractivity contribution is 5.76. The molecule has 5 nitrogen and oxygen atoms in total. The molecule has 78 valence electrons. The molecule has 0 fully saturated rings. The maximum atomic E-state index is 10.7. The van der Waals surface area contributed by atoms with E-state index in [2.05, 4.69) is 0 Å². The highest BCUT2D eigenvalue weighted by Gasteiger charge is 2.15. The maximum absolute atomic E-state index is 10.7. The first-order valence-electron chi connectivity index (χ1n) is 3.77. The van der Waals surface area contributed by atoms with Crippen molar-refractivity contribution in [1.29, 1.82) is 0 Å². The lowest BCUT2D eigenvalue weighted by atomic mass is 9.97. The predicted molar refractivity (Wildman–Crippen MR) is 50.5 cm³/mol. The Kier molecular flexibility index (Phi) is 8.14. The van der Waals surface area contributed by atoms with Gasteiger partial charge in [0, 0.05) is 14.8 Å². The average Bonchev–Trinajstić information content (AvgIpc) is 1.99. The molecule has 1 amide bonds. The van der Waals surface area contributed by atoms with Crippen LogP contribution in [0.2, 0.25) is 0 Å².